The van der Waals surface area contributed by atoms with Gasteiger partial charge in [0, 0.05) is 43.6 Å². The van der Waals surface area contributed by atoms with Gasteiger partial charge in [-0.1, -0.05) is 24.6 Å². The van der Waals surface area contributed by atoms with Crippen LogP contribution in [0.4, 0.5) is 11.5 Å². The Morgan fingerprint density at radius 2 is 1.85 bits per heavy atom. The number of carbonyl (C=O) groups excluding carboxylic acids is 1. The molecular formula is C21H26N4O. The first-order chi connectivity index (χ1) is 12.8. The van der Waals surface area contributed by atoms with E-state index in [0.717, 1.165) is 44.0 Å². The molecule has 1 aliphatic heterocycles. The van der Waals surface area contributed by atoms with E-state index < -0.39 is 0 Å². The lowest BCUT2D eigenvalue weighted by atomic mass is 9.84. The average Bonchev–Trinajstić information content (AvgIpc) is 2.68. The van der Waals surface area contributed by atoms with Gasteiger partial charge in [0.15, 0.2) is 0 Å². The second-order valence-electron chi connectivity index (χ2n) is 7.41. The lowest BCUT2D eigenvalue weighted by molar-refractivity contribution is -0.123. The molecule has 5 heteroatoms. The summed E-state index contributed by atoms with van der Waals surface area (Å²) in [6.07, 6.45) is 10.8. The van der Waals surface area contributed by atoms with Crippen LogP contribution in [0.3, 0.4) is 0 Å². The van der Waals surface area contributed by atoms with Gasteiger partial charge < -0.3 is 9.80 Å². The van der Waals surface area contributed by atoms with E-state index in [1.807, 2.05) is 23.1 Å². The van der Waals surface area contributed by atoms with Gasteiger partial charge >= 0.3 is 0 Å². The summed E-state index contributed by atoms with van der Waals surface area (Å²) in [4.78, 5) is 26.1. The Kier molecular flexibility index (Phi) is 5.14. The summed E-state index contributed by atoms with van der Waals surface area (Å²) in [6.45, 7) is 2.59. The van der Waals surface area contributed by atoms with Crippen molar-refractivity contribution in [3.05, 3.63) is 48.9 Å². The SMILES string of the molecule is O=C(C1CCN(c2cnccn2)CC1)N(CC1CCC1)c1ccccc1. The molecule has 0 atom stereocenters. The monoisotopic (exact) mass is 350 g/mol. The number of para-hydroxylation sites is 1. The Bertz CT molecular complexity index is 709. The van der Waals surface area contributed by atoms with Crippen molar-refractivity contribution in [2.24, 2.45) is 11.8 Å². The van der Waals surface area contributed by atoms with Crippen LogP contribution < -0.4 is 9.80 Å². The van der Waals surface area contributed by atoms with Crippen LogP contribution in [-0.4, -0.2) is 35.5 Å². The minimum Gasteiger partial charge on any atom is -0.355 e. The molecule has 5 nitrogen and oxygen atoms in total. The molecule has 1 aromatic carbocycles. The fourth-order valence-electron chi connectivity index (χ4n) is 3.89. The molecule has 136 valence electrons. The van der Waals surface area contributed by atoms with Crippen molar-refractivity contribution >= 4 is 17.4 Å². The van der Waals surface area contributed by atoms with Gasteiger partial charge in [0.05, 0.1) is 6.20 Å². The first-order valence-corrected chi connectivity index (χ1v) is 9.68. The molecule has 1 saturated carbocycles. The van der Waals surface area contributed by atoms with Gasteiger partial charge in [0.1, 0.15) is 5.82 Å². The molecule has 0 spiro atoms. The van der Waals surface area contributed by atoms with E-state index in [1.54, 1.807) is 18.6 Å². The molecule has 4 rings (SSSR count). The Morgan fingerprint density at radius 3 is 2.46 bits per heavy atom. The summed E-state index contributed by atoms with van der Waals surface area (Å²) in [5, 5.41) is 0. The minimum atomic E-state index is 0.100. The molecular weight excluding hydrogens is 324 g/mol. The summed E-state index contributed by atoms with van der Waals surface area (Å²) in [6, 6.07) is 10.2. The third kappa shape index (κ3) is 3.71. The van der Waals surface area contributed by atoms with Gasteiger partial charge in [0.2, 0.25) is 5.91 Å². The molecule has 2 aromatic rings. The molecule has 2 heterocycles. The standard InChI is InChI=1S/C21H26N4O/c26-21(18-9-13-24(14-10-18)20-15-22-11-12-23-20)25(16-17-5-4-6-17)19-7-2-1-3-8-19/h1-3,7-8,11-12,15,17-18H,4-6,9-10,13-14,16H2. The molecule has 1 aliphatic carbocycles. The maximum absolute atomic E-state index is 13.3. The molecule has 1 saturated heterocycles. The predicted octanol–water partition coefficient (Wildman–Crippen LogP) is 3.53. The normalized spacial score (nSPS) is 18.4. The zero-order valence-electron chi connectivity index (χ0n) is 15.1. The van der Waals surface area contributed by atoms with Crippen LogP contribution in [0.2, 0.25) is 0 Å². The zero-order chi connectivity index (χ0) is 17.8. The molecule has 0 unspecified atom stereocenters. The number of hydrogen-bond acceptors (Lipinski definition) is 4. The van der Waals surface area contributed by atoms with Gasteiger partial charge in [-0.3, -0.25) is 9.78 Å². The fraction of sp³-hybridized carbons (Fsp3) is 0.476. The number of carbonyl (C=O) groups is 1. The number of rotatable bonds is 5. The highest BCUT2D eigenvalue weighted by molar-refractivity contribution is 5.95. The Labute approximate surface area is 155 Å². The molecule has 2 fully saturated rings. The first-order valence-electron chi connectivity index (χ1n) is 9.68. The third-order valence-electron chi connectivity index (χ3n) is 5.72. The van der Waals surface area contributed by atoms with E-state index in [9.17, 15) is 4.79 Å². The van der Waals surface area contributed by atoms with Gasteiger partial charge in [-0.25, -0.2) is 4.98 Å². The van der Waals surface area contributed by atoms with E-state index in [4.69, 9.17) is 0 Å². The summed E-state index contributed by atoms with van der Waals surface area (Å²) in [5.41, 5.74) is 1.04. The Morgan fingerprint density at radius 1 is 1.08 bits per heavy atom. The topological polar surface area (TPSA) is 49.3 Å². The number of aromatic nitrogens is 2. The first kappa shape index (κ1) is 17.0. The summed E-state index contributed by atoms with van der Waals surface area (Å²) in [7, 11) is 0. The number of nitrogens with zero attached hydrogens (tertiary/aromatic N) is 4. The van der Waals surface area contributed by atoms with Crippen molar-refractivity contribution in [3.8, 4) is 0 Å². The summed E-state index contributed by atoms with van der Waals surface area (Å²) >= 11 is 0. The van der Waals surface area contributed by atoms with Crippen LogP contribution in [0.1, 0.15) is 32.1 Å². The van der Waals surface area contributed by atoms with Gasteiger partial charge in [-0.2, -0.15) is 0 Å². The quantitative estimate of drug-likeness (QED) is 0.828. The van der Waals surface area contributed by atoms with E-state index in [0.29, 0.717) is 11.8 Å². The van der Waals surface area contributed by atoms with Gasteiger partial charge in [0.25, 0.3) is 0 Å². The van der Waals surface area contributed by atoms with Crippen LogP contribution in [0, 0.1) is 11.8 Å². The number of piperidine rings is 1. The smallest absolute Gasteiger partial charge is 0.230 e. The maximum atomic E-state index is 13.3. The van der Waals surface area contributed by atoms with Crippen LogP contribution in [0.5, 0.6) is 0 Å². The second kappa shape index (κ2) is 7.85. The molecule has 2 aliphatic rings. The number of hydrogen-bond donors (Lipinski definition) is 0. The van der Waals surface area contributed by atoms with Gasteiger partial charge in [-0.05, 0) is 43.7 Å². The summed E-state index contributed by atoms with van der Waals surface area (Å²) in [5.74, 6) is 1.97. The van der Waals surface area contributed by atoms with Crippen LogP contribution >= 0.6 is 0 Å². The molecule has 0 radical (unpaired) electrons. The number of anilines is 2. The highest BCUT2D eigenvalue weighted by Crippen LogP contribution is 2.31. The third-order valence-corrected chi connectivity index (χ3v) is 5.72. The van der Waals surface area contributed by atoms with Gasteiger partial charge in [-0.15, -0.1) is 0 Å². The molecule has 1 amide bonds. The molecule has 26 heavy (non-hydrogen) atoms. The van der Waals surface area contributed by atoms with Crippen molar-refractivity contribution < 1.29 is 4.79 Å². The van der Waals surface area contributed by atoms with Crippen molar-refractivity contribution in [1.29, 1.82) is 0 Å². The minimum absolute atomic E-state index is 0.100. The zero-order valence-corrected chi connectivity index (χ0v) is 15.1. The second-order valence-corrected chi connectivity index (χ2v) is 7.41. The molecule has 0 bridgehead atoms. The Balaban J connectivity index is 1.43. The average molecular weight is 350 g/mol. The highest BCUT2D eigenvalue weighted by atomic mass is 16.2. The van der Waals surface area contributed by atoms with Crippen LogP contribution in [-0.2, 0) is 4.79 Å². The van der Waals surface area contributed by atoms with Crippen molar-refractivity contribution in [1.82, 2.24) is 9.97 Å². The Hall–Kier alpha value is -2.43. The number of amides is 1. The highest BCUT2D eigenvalue weighted by Gasteiger charge is 2.32. The summed E-state index contributed by atoms with van der Waals surface area (Å²) < 4.78 is 0. The van der Waals surface area contributed by atoms with E-state index >= 15 is 0 Å². The van der Waals surface area contributed by atoms with E-state index in [1.165, 1.54) is 19.3 Å². The number of benzene rings is 1. The van der Waals surface area contributed by atoms with E-state index in [2.05, 4.69) is 27.0 Å². The van der Waals surface area contributed by atoms with Crippen molar-refractivity contribution in [3.63, 3.8) is 0 Å². The largest absolute Gasteiger partial charge is 0.355 e. The van der Waals surface area contributed by atoms with Crippen LogP contribution in [0.25, 0.3) is 0 Å². The lowest BCUT2D eigenvalue weighted by Crippen LogP contribution is -2.45. The predicted molar refractivity (Wildman–Crippen MR) is 103 cm³/mol. The lowest BCUT2D eigenvalue weighted by Gasteiger charge is -2.37. The fourth-order valence-corrected chi connectivity index (χ4v) is 3.89. The van der Waals surface area contributed by atoms with Crippen molar-refractivity contribution in [2.75, 3.05) is 29.4 Å². The molecule has 0 N–H and O–H groups in total. The van der Waals surface area contributed by atoms with Crippen molar-refractivity contribution in [2.45, 2.75) is 32.1 Å². The maximum Gasteiger partial charge on any atom is 0.230 e. The molecule has 1 aromatic heterocycles. The van der Waals surface area contributed by atoms with Crippen LogP contribution in [0.15, 0.2) is 48.9 Å². The van der Waals surface area contributed by atoms with E-state index in [-0.39, 0.29) is 5.92 Å².